The molecule has 0 aliphatic rings. The second-order valence-electron chi connectivity index (χ2n) is 3.34. The molecule has 0 bridgehead atoms. The minimum Gasteiger partial charge on any atom is -0.398 e. The van der Waals surface area contributed by atoms with Gasteiger partial charge in [0.05, 0.1) is 4.90 Å². The number of rotatable bonds is 3. The molecule has 0 amide bonds. The number of nitrogen functional groups attached to an aromatic ring is 1. The molecular weight excluding hydrogens is 214 g/mol. The Labute approximate surface area is 89.9 Å². The smallest absolute Gasteiger partial charge is 0.294 e. The monoisotopic (exact) mass is 229 g/mol. The van der Waals surface area contributed by atoms with Gasteiger partial charge in [0.15, 0.2) is 0 Å². The lowest BCUT2D eigenvalue weighted by Gasteiger charge is -2.10. The van der Waals surface area contributed by atoms with Crippen molar-refractivity contribution in [1.82, 2.24) is 0 Å². The summed E-state index contributed by atoms with van der Waals surface area (Å²) in [4.78, 5) is -0.0314. The maximum atomic E-state index is 11.1. The third-order valence-electron chi connectivity index (χ3n) is 2.36. The molecule has 0 aromatic heterocycles. The summed E-state index contributed by atoms with van der Waals surface area (Å²) in [5.41, 5.74) is 7.60. The summed E-state index contributed by atoms with van der Waals surface area (Å²) < 4.78 is 31.3. The Balaban J connectivity index is 3.49. The van der Waals surface area contributed by atoms with Crippen molar-refractivity contribution in [2.75, 3.05) is 5.73 Å². The average molecular weight is 229 g/mol. The zero-order valence-corrected chi connectivity index (χ0v) is 9.63. The number of nitrogens with two attached hydrogens (primary N) is 1. The van der Waals surface area contributed by atoms with Crippen LogP contribution in [0.25, 0.3) is 0 Å². The van der Waals surface area contributed by atoms with Gasteiger partial charge < -0.3 is 5.73 Å². The minimum atomic E-state index is -4.15. The summed E-state index contributed by atoms with van der Waals surface area (Å²) in [5.74, 6) is 0. The molecule has 0 unspecified atom stereocenters. The van der Waals surface area contributed by atoms with Crippen molar-refractivity contribution in [2.45, 2.75) is 31.6 Å². The first-order chi connectivity index (χ1) is 6.90. The Morgan fingerprint density at radius 3 is 2.13 bits per heavy atom. The van der Waals surface area contributed by atoms with Crippen LogP contribution in [-0.4, -0.2) is 13.0 Å². The van der Waals surface area contributed by atoms with Crippen molar-refractivity contribution in [1.29, 1.82) is 0 Å². The Morgan fingerprint density at radius 2 is 1.73 bits per heavy atom. The van der Waals surface area contributed by atoms with Crippen molar-refractivity contribution < 1.29 is 13.0 Å². The molecule has 0 saturated carbocycles. The molecule has 1 aromatic carbocycles. The lowest BCUT2D eigenvalue weighted by Crippen LogP contribution is -2.06. The first-order valence-electron chi connectivity index (χ1n) is 4.78. The van der Waals surface area contributed by atoms with Crippen LogP contribution in [0.4, 0.5) is 5.69 Å². The van der Waals surface area contributed by atoms with Crippen LogP contribution in [0.1, 0.15) is 25.0 Å². The van der Waals surface area contributed by atoms with E-state index in [9.17, 15) is 8.42 Å². The molecule has 3 N–H and O–H groups in total. The van der Waals surface area contributed by atoms with Gasteiger partial charge in [-0.25, -0.2) is 0 Å². The molecule has 0 fully saturated rings. The topological polar surface area (TPSA) is 80.4 Å². The molecule has 1 aromatic rings. The maximum absolute atomic E-state index is 11.1. The second-order valence-corrected chi connectivity index (χ2v) is 4.73. The highest BCUT2D eigenvalue weighted by Crippen LogP contribution is 2.23. The van der Waals surface area contributed by atoms with Crippen molar-refractivity contribution in [3.8, 4) is 0 Å². The second kappa shape index (κ2) is 4.20. The molecule has 0 heterocycles. The van der Waals surface area contributed by atoms with Crippen LogP contribution in [0.3, 0.4) is 0 Å². The van der Waals surface area contributed by atoms with E-state index in [4.69, 9.17) is 10.3 Å². The molecule has 5 heteroatoms. The largest absolute Gasteiger partial charge is 0.398 e. The van der Waals surface area contributed by atoms with Crippen molar-refractivity contribution >= 4 is 15.8 Å². The first-order valence-corrected chi connectivity index (χ1v) is 6.22. The molecule has 84 valence electrons. The molecule has 0 aliphatic carbocycles. The van der Waals surface area contributed by atoms with Crippen LogP contribution in [0.2, 0.25) is 0 Å². The number of anilines is 1. The van der Waals surface area contributed by atoms with Crippen LogP contribution in [-0.2, 0) is 23.0 Å². The minimum absolute atomic E-state index is 0.0314. The van der Waals surface area contributed by atoms with E-state index in [0.717, 1.165) is 5.56 Å². The number of benzene rings is 1. The van der Waals surface area contributed by atoms with Crippen LogP contribution in [0.5, 0.6) is 0 Å². The highest BCUT2D eigenvalue weighted by Gasteiger charge is 2.16. The summed E-state index contributed by atoms with van der Waals surface area (Å²) in [6, 6.07) is 3.06. The molecule has 1 rings (SSSR count). The van der Waals surface area contributed by atoms with E-state index in [1.165, 1.54) is 6.07 Å². The van der Waals surface area contributed by atoms with Gasteiger partial charge in [0.25, 0.3) is 10.1 Å². The Kier molecular flexibility index (Phi) is 3.36. The highest BCUT2D eigenvalue weighted by atomic mass is 32.2. The number of hydrogen-bond acceptors (Lipinski definition) is 3. The average Bonchev–Trinajstić information content (AvgIpc) is 2.15. The fourth-order valence-corrected chi connectivity index (χ4v) is 2.33. The van der Waals surface area contributed by atoms with E-state index in [1.807, 2.05) is 13.8 Å². The van der Waals surface area contributed by atoms with Crippen molar-refractivity contribution in [3.63, 3.8) is 0 Å². The summed E-state index contributed by atoms with van der Waals surface area (Å²) in [5, 5.41) is 0. The van der Waals surface area contributed by atoms with E-state index in [0.29, 0.717) is 24.1 Å². The predicted molar refractivity (Wildman–Crippen MR) is 59.4 cm³/mol. The van der Waals surface area contributed by atoms with Gasteiger partial charge in [0.1, 0.15) is 0 Å². The van der Waals surface area contributed by atoms with Gasteiger partial charge in [0.2, 0.25) is 0 Å². The molecule has 0 saturated heterocycles. The van der Waals surface area contributed by atoms with Gasteiger partial charge in [-0.15, -0.1) is 0 Å². The third kappa shape index (κ3) is 2.49. The molecule has 0 spiro atoms. The Morgan fingerprint density at radius 1 is 1.20 bits per heavy atom. The SMILES string of the molecule is CCc1cc(S(=O)(=O)O)c(CC)cc1N. The van der Waals surface area contributed by atoms with Gasteiger partial charge in [-0.1, -0.05) is 13.8 Å². The van der Waals surface area contributed by atoms with E-state index in [1.54, 1.807) is 6.07 Å². The summed E-state index contributed by atoms with van der Waals surface area (Å²) in [6.45, 7) is 3.69. The summed E-state index contributed by atoms with van der Waals surface area (Å²) in [6.07, 6.45) is 1.15. The van der Waals surface area contributed by atoms with Crippen molar-refractivity contribution in [2.24, 2.45) is 0 Å². The van der Waals surface area contributed by atoms with Gasteiger partial charge in [0, 0.05) is 5.69 Å². The lowest BCUT2D eigenvalue weighted by molar-refractivity contribution is 0.482. The quantitative estimate of drug-likeness (QED) is 0.610. The zero-order chi connectivity index (χ0) is 11.6. The predicted octanol–water partition coefficient (Wildman–Crippen LogP) is 1.64. The summed E-state index contributed by atoms with van der Waals surface area (Å²) >= 11 is 0. The van der Waals surface area contributed by atoms with Gasteiger partial charge in [-0.2, -0.15) is 8.42 Å². The van der Waals surface area contributed by atoms with Gasteiger partial charge in [-0.05, 0) is 36.1 Å². The fraction of sp³-hybridized carbons (Fsp3) is 0.400. The highest BCUT2D eigenvalue weighted by molar-refractivity contribution is 7.85. The van der Waals surface area contributed by atoms with Gasteiger partial charge >= 0.3 is 0 Å². The fourth-order valence-electron chi connectivity index (χ4n) is 1.51. The molecule has 15 heavy (non-hydrogen) atoms. The standard InChI is InChI=1S/C10H15NO3S/c1-3-7-6-10(15(12,13)14)8(4-2)5-9(7)11/h5-6H,3-4,11H2,1-2H3,(H,12,13,14). The summed E-state index contributed by atoms with van der Waals surface area (Å²) in [7, 11) is -4.15. The molecule has 4 nitrogen and oxygen atoms in total. The van der Waals surface area contributed by atoms with Crippen LogP contribution < -0.4 is 5.73 Å². The molecule has 0 radical (unpaired) electrons. The van der Waals surface area contributed by atoms with Crippen LogP contribution >= 0.6 is 0 Å². The maximum Gasteiger partial charge on any atom is 0.294 e. The Hall–Kier alpha value is -1.07. The van der Waals surface area contributed by atoms with Crippen LogP contribution in [0, 0.1) is 0 Å². The van der Waals surface area contributed by atoms with E-state index >= 15 is 0 Å². The van der Waals surface area contributed by atoms with E-state index in [-0.39, 0.29) is 4.90 Å². The molecular formula is C10H15NO3S. The van der Waals surface area contributed by atoms with Gasteiger partial charge in [-0.3, -0.25) is 4.55 Å². The lowest BCUT2D eigenvalue weighted by atomic mass is 10.1. The molecule has 0 atom stereocenters. The number of hydrogen-bond donors (Lipinski definition) is 2. The van der Waals surface area contributed by atoms with E-state index < -0.39 is 10.1 Å². The Bertz CT molecular complexity index is 466. The van der Waals surface area contributed by atoms with Crippen LogP contribution in [0.15, 0.2) is 17.0 Å². The molecule has 0 aliphatic heterocycles. The first kappa shape index (κ1) is 12.0. The normalized spacial score (nSPS) is 11.7. The third-order valence-corrected chi connectivity index (χ3v) is 3.30. The van der Waals surface area contributed by atoms with E-state index in [2.05, 4.69) is 0 Å². The van der Waals surface area contributed by atoms with Crippen molar-refractivity contribution in [3.05, 3.63) is 23.3 Å². The number of aryl methyl sites for hydroxylation is 2. The zero-order valence-electron chi connectivity index (χ0n) is 8.82.